The summed E-state index contributed by atoms with van der Waals surface area (Å²) in [6.07, 6.45) is 0. The van der Waals surface area contributed by atoms with Gasteiger partial charge in [-0.25, -0.2) is 0 Å². The molecule has 1 N–H and O–H groups in total. The predicted molar refractivity (Wildman–Crippen MR) is 98.4 cm³/mol. The lowest BCUT2D eigenvalue weighted by molar-refractivity contribution is 0.229. The molecule has 2 nitrogen and oxygen atoms in total. The summed E-state index contributed by atoms with van der Waals surface area (Å²) in [4.78, 5) is 3.82. The van der Waals surface area contributed by atoms with Gasteiger partial charge in [0, 0.05) is 35.5 Å². The number of rotatable bonds is 6. The van der Waals surface area contributed by atoms with Crippen molar-refractivity contribution >= 4 is 11.3 Å². The molecule has 0 saturated carbocycles. The molecule has 1 aromatic heterocycles. The number of aliphatic hydroxyl groups excluding tert-OH is 1. The van der Waals surface area contributed by atoms with E-state index in [4.69, 9.17) is 5.11 Å². The molecule has 0 atom stereocenters. The first-order chi connectivity index (χ1) is 11.1. The summed E-state index contributed by atoms with van der Waals surface area (Å²) in [5, 5.41) is 10.9. The second-order valence-electron chi connectivity index (χ2n) is 6.25. The number of thiophene rings is 1. The number of benzene rings is 1. The van der Waals surface area contributed by atoms with Crippen LogP contribution in [0.15, 0.2) is 35.7 Å². The van der Waals surface area contributed by atoms with Crippen LogP contribution in [0.4, 0.5) is 0 Å². The van der Waals surface area contributed by atoms with Gasteiger partial charge in [0.2, 0.25) is 0 Å². The quantitative estimate of drug-likeness (QED) is 0.809. The van der Waals surface area contributed by atoms with E-state index < -0.39 is 0 Å². The van der Waals surface area contributed by atoms with Gasteiger partial charge >= 0.3 is 0 Å². The first kappa shape index (κ1) is 17.7. The number of hydrogen-bond donors (Lipinski definition) is 1. The van der Waals surface area contributed by atoms with Crippen molar-refractivity contribution in [3.63, 3.8) is 0 Å². The Bertz CT molecular complexity index is 678. The van der Waals surface area contributed by atoms with Crippen LogP contribution in [0.2, 0.25) is 0 Å². The van der Waals surface area contributed by atoms with E-state index in [1.807, 2.05) is 0 Å². The highest BCUT2D eigenvalue weighted by Crippen LogP contribution is 2.19. The summed E-state index contributed by atoms with van der Waals surface area (Å²) in [5.41, 5.74) is 3.74. The van der Waals surface area contributed by atoms with E-state index >= 15 is 0 Å². The molecule has 0 aliphatic rings. The Morgan fingerprint density at radius 2 is 2.00 bits per heavy atom. The molecule has 122 valence electrons. The van der Waals surface area contributed by atoms with Crippen molar-refractivity contribution in [1.29, 1.82) is 0 Å². The summed E-state index contributed by atoms with van der Waals surface area (Å²) >= 11 is 1.74. The number of hydrogen-bond acceptors (Lipinski definition) is 3. The van der Waals surface area contributed by atoms with E-state index in [0.29, 0.717) is 5.92 Å². The highest BCUT2D eigenvalue weighted by molar-refractivity contribution is 7.10. The van der Waals surface area contributed by atoms with Gasteiger partial charge in [0.05, 0.1) is 0 Å². The van der Waals surface area contributed by atoms with E-state index in [0.717, 1.165) is 25.2 Å². The maximum atomic E-state index is 8.79. The molecule has 0 fully saturated rings. The van der Waals surface area contributed by atoms with Crippen LogP contribution in [0.25, 0.3) is 0 Å². The Balaban J connectivity index is 2.09. The smallest absolute Gasteiger partial charge is 0.104 e. The highest BCUT2D eigenvalue weighted by atomic mass is 32.1. The molecule has 2 aromatic rings. The Morgan fingerprint density at radius 1 is 1.22 bits per heavy atom. The van der Waals surface area contributed by atoms with Crippen molar-refractivity contribution < 1.29 is 5.11 Å². The molecule has 0 amide bonds. The maximum Gasteiger partial charge on any atom is 0.104 e. The van der Waals surface area contributed by atoms with Gasteiger partial charge < -0.3 is 5.11 Å². The Labute approximate surface area is 143 Å². The summed E-state index contributed by atoms with van der Waals surface area (Å²) < 4.78 is 0. The lowest BCUT2D eigenvalue weighted by atomic mass is 10.1. The van der Waals surface area contributed by atoms with Gasteiger partial charge in [0.15, 0.2) is 0 Å². The first-order valence-electron chi connectivity index (χ1n) is 8.02. The molecule has 1 heterocycles. The van der Waals surface area contributed by atoms with Crippen molar-refractivity contribution in [3.8, 4) is 11.8 Å². The van der Waals surface area contributed by atoms with E-state index in [1.54, 1.807) is 11.3 Å². The minimum Gasteiger partial charge on any atom is -0.384 e. The fourth-order valence-electron chi connectivity index (χ4n) is 2.62. The number of aliphatic hydroxyl groups is 1. The predicted octanol–water partition coefficient (Wildman–Crippen LogP) is 4.06. The minimum absolute atomic E-state index is 0.0854. The third kappa shape index (κ3) is 5.84. The highest BCUT2D eigenvalue weighted by Gasteiger charge is 2.11. The van der Waals surface area contributed by atoms with E-state index in [9.17, 15) is 0 Å². The van der Waals surface area contributed by atoms with Crippen LogP contribution < -0.4 is 0 Å². The first-order valence-corrected chi connectivity index (χ1v) is 8.90. The van der Waals surface area contributed by atoms with Crippen LogP contribution in [-0.4, -0.2) is 23.2 Å². The maximum absolute atomic E-state index is 8.79. The number of nitrogens with zero attached hydrogens (tertiary/aromatic N) is 1. The molecule has 0 aliphatic heterocycles. The van der Waals surface area contributed by atoms with Crippen LogP contribution in [0.1, 0.15) is 35.4 Å². The third-order valence-corrected chi connectivity index (χ3v) is 4.55. The number of aryl methyl sites for hydroxylation is 1. The fraction of sp³-hybridized carbons (Fsp3) is 0.400. The largest absolute Gasteiger partial charge is 0.384 e. The molecule has 0 saturated heterocycles. The fourth-order valence-corrected chi connectivity index (χ4v) is 3.48. The van der Waals surface area contributed by atoms with Crippen LogP contribution in [0, 0.1) is 24.7 Å². The second-order valence-corrected chi connectivity index (χ2v) is 7.25. The van der Waals surface area contributed by atoms with Crippen LogP contribution in [0.3, 0.4) is 0 Å². The van der Waals surface area contributed by atoms with Crippen molar-refractivity contribution in [2.45, 2.75) is 33.9 Å². The molecule has 23 heavy (non-hydrogen) atoms. The van der Waals surface area contributed by atoms with Gasteiger partial charge in [-0.3, -0.25) is 4.90 Å². The molecule has 3 heteroatoms. The van der Waals surface area contributed by atoms with Gasteiger partial charge in [-0.2, -0.15) is 0 Å². The summed E-state index contributed by atoms with van der Waals surface area (Å²) in [7, 11) is 0. The summed E-state index contributed by atoms with van der Waals surface area (Å²) in [6.45, 7) is 9.60. The van der Waals surface area contributed by atoms with Gasteiger partial charge in [0.1, 0.15) is 6.61 Å². The minimum atomic E-state index is -0.0854. The molecule has 0 unspecified atom stereocenters. The van der Waals surface area contributed by atoms with Crippen molar-refractivity contribution in [2.75, 3.05) is 13.2 Å². The van der Waals surface area contributed by atoms with Crippen LogP contribution >= 0.6 is 11.3 Å². The van der Waals surface area contributed by atoms with Gasteiger partial charge in [-0.15, -0.1) is 11.3 Å². The van der Waals surface area contributed by atoms with Crippen molar-refractivity contribution in [1.82, 2.24) is 4.90 Å². The van der Waals surface area contributed by atoms with E-state index in [1.165, 1.54) is 16.0 Å². The molecule has 2 rings (SSSR count). The molecular weight excluding hydrogens is 302 g/mol. The normalized spacial score (nSPS) is 10.9. The lowest BCUT2D eigenvalue weighted by Gasteiger charge is -2.24. The van der Waals surface area contributed by atoms with Gasteiger partial charge in [-0.1, -0.05) is 50.0 Å². The second kappa shape index (κ2) is 8.88. The molecule has 0 aliphatic carbocycles. The zero-order valence-electron chi connectivity index (χ0n) is 14.2. The third-order valence-electron chi connectivity index (χ3n) is 3.62. The Kier molecular flexibility index (Phi) is 6.85. The molecule has 0 bridgehead atoms. The van der Waals surface area contributed by atoms with Crippen LogP contribution in [-0.2, 0) is 13.1 Å². The van der Waals surface area contributed by atoms with E-state index in [2.05, 4.69) is 73.2 Å². The molecule has 0 radical (unpaired) electrons. The summed E-state index contributed by atoms with van der Waals surface area (Å²) in [6, 6.07) is 10.7. The van der Waals surface area contributed by atoms with Crippen LogP contribution in [0.5, 0.6) is 0 Å². The lowest BCUT2D eigenvalue weighted by Crippen LogP contribution is -2.27. The van der Waals surface area contributed by atoms with E-state index in [-0.39, 0.29) is 6.61 Å². The van der Waals surface area contributed by atoms with Gasteiger partial charge in [0.25, 0.3) is 0 Å². The van der Waals surface area contributed by atoms with Gasteiger partial charge in [-0.05, 0) is 30.0 Å². The molecule has 1 aromatic carbocycles. The SMILES string of the molecule is Cc1ccccc1CN(Cc1cc(C#CCO)cs1)CC(C)C. The average molecular weight is 327 g/mol. The topological polar surface area (TPSA) is 23.5 Å². The average Bonchev–Trinajstić information content (AvgIpc) is 2.94. The Hall–Kier alpha value is -1.60. The summed E-state index contributed by atoms with van der Waals surface area (Å²) in [5.74, 6) is 6.32. The van der Waals surface area contributed by atoms with Crippen molar-refractivity contribution in [3.05, 3.63) is 57.3 Å². The van der Waals surface area contributed by atoms with Crippen molar-refractivity contribution in [2.24, 2.45) is 5.92 Å². The standard InChI is InChI=1S/C20H25NOS/c1-16(2)12-21(13-19-9-5-4-7-17(19)3)14-20-11-18(15-23-20)8-6-10-22/h4-5,7,9,11,15-16,22H,10,12-14H2,1-3H3. The molecular formula is C20H25NOS. The monoisotopic (exact) mass is 327 g/mol. The molecule has 0 spiro atoms. The zero-order valence-corrected chi connectivity index (χ0v) is 15.0. The Morgan fingerprint density at radius 3 is 2.70 bits per heavy atom. The zero-order chi connectivity index (χ0) is 16.7.